The average Bonchev–Trinajstić information content (AvgIpc) is 3.20. The van der Waals surface area contributed by atoms with Crippen molar-refractivity contribution >= 4 is 23.2 Å². The standard InChI is InChI=1S/C22H27FN2O3S/c1-4-28-21(27)22(12-16-6-8-17(23)9-7-16)10-5-11-25(14-22)20(26)18-13-29-19(24-18)15(2)3/h6-9,13,15H,4-5,10-12,14H2,1-3H3/t22-/m0/s1. The zero-order valence-electron chi connectivity index (χ0n) is 17.1. The van der Waals surface area contributed by atoms with Gasteiger partial charge >= 0.3 is 5.97 Å². The Bertz CT molecular complexity index is 865. The van der Waals surface area contributed by atoms with Gasteiger partial charge in [0.15, 0.2) is 0 Å². The van der Waals surface area contributed by atoms with Gasteiger partial charge in [0.05, 0.1) is 17.0 Å². The number of benzene rings is 1. The predicted octanol–water partition coefficient (Wildman–Crippen LogP) is 4.43. The summed E-state index contributed by atoms with van der Waals surface area (Å²) in [5.74, 6) is -0.507. The monoisotopic (exact) mass is 418 g/mol. The Morgan fingerprint density at radius 1 is 1.31 bits per heavy atom. The molecule has 0 saturated carbocycles. The van der Waals surface area contributed by atoms with Gasteiger partial charge in [-0.25, -0.2) is 9.37 Å². The Balaban J connectivity index is 1.85. The lowest BCUT2D eigenvalue weighted by atomic mass is 9.75. The second kappa shape index (κ2) is 9.03. The topological polar surface area (TPSA) is 59.5 Å². The molecule has 156 valence electrons. The number of likely N-dealkylation sites (tertiary alicyclic amines) is 1. The van der Waals surface area contributed by atoms with Crippen molar-refractivity contribution in [1.29, 1.82) is 0 Å². The van der Waals surface area contributed by atoms with Crippen LogP contribution in [0.25, 0.3) is 0 Å². The van der Waals surface area contributed by atoms with E-state index in [1.165, 1.54) is 23.5 Å². The number of ether oxygens (including phenoxy) is 1. The molecular formula is C22H27FN2O3S. The Morgan fingerprint density at radius 2 is 2.03 bits per heavy atom. The minimum atomic E-state index is -0.835. The summed E-state index contributed by atoms with van der Waals surface area (Å²) < 4.78 is 18.7. The third-order valence-electron chi connectivity index (χ3n) is 5.26. The van der Waals surface area contributed by atoms with E-state index in [0.29, 0.717) is 31.5 Å². The number of carbonyl (C=O) groups excluding carboxylic acids is 2. The molecule has 0 aliphatic carbocycles. The number of hydrogen-bond acceptors (Lipinski definition) is 5. The van der Waals surface area contributed by atoms with Crippen LogP contribution in [-0.2, 0) is 16.0 Å². The number of amides is 1. The third kappa shape index (κ3) is 4.83. The fourth-order valence-corrected chi connectivity index (χ4v) is 4.59. The third-order valence-corrected chi connectivity index (χ3v) is 6.41. The van der Waals surface area contributed by atoms with Gasteiger partial charge in [0.2, 0.25) is 0 Å². The fourth-order valence-electron chi connectivity index (χ4n) is 3.78. The molecule has 1 aliphatic heterocycles. The van der Waals surface area contributed by atoms with E-state index in [2.05, 4.69) is 4.98 Å². The van der Waals surface area contributed by atoms with Crippen LogP contribution in [0.3, 0.4) is 0 Å². The summed E-state index contributed by atoms with van der Waals surface area (Å²) in [6, 6.07) is 6.16. The SMILES string of the molecule is CCOC(=O)[C@]1(Cc2ccc(F)cc2)CCCN(C(=O)c2csc(C(C)C)n2)C1. The molecule has 29 heavy (non-hydrogen) atoms. The van der Waals surface area contributed by atoms with E-state index in [0.717, 1.165) is 10.6 Å². The van der Waals surface area contributed by atoms with Crippen molar-refractivity contribution in [3.05, 3.63) is 51.7 Å². The lowest BCUT2D eigenvalue weighted by Crippen LogP contribution is -2.51. The van der Waals surface area contributed by atoms with Crippen molar-refractivity contribution in [2.24, 2.45) is 5.41 Å². The fraction of sp³-hybridized carbons (Fsp3) is 0.500. The second-order valence-electron chi connectivity index (χ2n) is 7.86. The summed E-state index contributed by atoms with van der Waals surface area (Å²) in [7, 11) is 0. The zero-order valence-corrected chi connectivity index (χ0v) is 17.9. The van der Waals surface area contributed by atoms with Gasteiger partial charge in [0.25, 0.3) is 5.91 Å². The number of rotatable bonds is 6. The predicted molar refractivity (Wildman–Crippen MR) is 111 cm³/mol. The molecule has 2 aromatic rings. The lowest BCUT2D eigenvalue weighted by Gasteiger charge is -2.41. The van der Waals surface area contributed by atoms with Crippen molar-refractivity contribution in [1.82, 2.24) is 9.88 Å². The summed E-state index contributed by atoms with van der Waals surface area (Å²) in [5, 5.41) is 2.71. The van der Waals surface area contributed by atoms with Crippen LogP contribution in [-0.4, -0.2) is 41.5 Å². The van der Waals surface area contributed by atoms with Gasteiger partial charge in [-0.1, -0.05) is 26.0 Å². The number of piperidine rings is 1. The van der Waals surface area contributed by atoms with E-state index in [-0.39, 0.29) is 36.8 Å². The van der Waals surface area contributed by atoms with Gasteiger partial charge in [0, 0.05) is 24.4 Å². The van der Waals surface area contributed by atoms with Gasteiger partial charge in [-0.15, -0.1) is 11.3 Å². The summed E-state index contributed by atoms with van der Waals surface area (Å²) >= 11 is 1.48. The maximum Gasteiger partial charge on any atom is 0.314 e. The molecule has 0 bridgehead atoms. The quantitative estimate of drug-likeness (QED) is 0.651. The van der Waals surface area contributed by atoms with E-state index >= 15 is 0 Å². The van der Waals surface area contributed by atoms with Crippen molar-refractivity contribution in [3.63, 3.8) is 0 Å². The Labute approximate surface area is 174 Å². The average molecular weight is 419 g/mol. The number of thiazole rings is 1. The number of carbonyl (C=O) groups is 2. The molecule has 3 rings (SSSR count). The summed E-state index contributed by atoms with van der Waals surface area (Å²) in [6.45, 7) is 7.00. The Kier molecular flexibility index (Phi) is 6.67. The van der Waals surface area contributed by atoms with E-state index in [1.54, 1.807) is 29.3 Å². The first-order chi connectivity index (χ1) is 13.8. The van der Waals surface area contributed by atoms with Crippen molar-refractivity contribution in [2.75, 3.05) is 19.7 Å². The van der Waals surface area contributed by atoms with Gasteiger partial charge < -0.3 is 9.64 Å². The van der Waals surface area contributed by atoms with Crippen LogP contribution in [0, 0.1) is 11.2 Å². The number of nitrogens with zero attached hydrogens (tertiary/aromatic N) is 2. The van der Waals surface area contributed by atoms with E-state index in [4.69, 9.17) is 4.74 Å². The van der Waals surface area contributed by atoms with Gasteiger partial charge in [-0.05, 0) is 43.9 Å². The number of aromatic nitrogens is 1. The maximum atomic E-state index is 13.3. The van der Waals surface area contributed by atoms with Crippen LogP contribution in [0.4, 0.5) is 4.39 Å². The molecular weight excluding hydrogens is 391 g/mol. The first kappa shape index (κ1) is 21.4. The number of halogens is 1. The van der Waals surface area contributed by atoms with Gasteiger partial charge in [-0.3, -0.25) is 9.59 Å². The molecule has 1 atom stereocenters. The molecule has 0 spiro atoms. The van der Waals surface area contributed by atoms with E-state index < -0.39 is 5.41 Å². The molecule has 1 aromatic carbocycles. The Morgan fingerprint density at radius 3 is 2.66 bits per heavy atom. The summed E-state index contributed by atoms with van der Waals surface area (Å²) in [6.07, 6.45) is 1.73. The molecule has 5 nitrogen and oxygen atoms in total. The Hall–Kier alpha value is -2.28. The normalized spacial score (nSPS) is 19.4. The first-order valence-corrected chi connectivity index (χ1v) is 10.9. The molecule has 0 radical (unpaired) electrons. The lowest BCUT2D eigenvalue weighted by molar-refractivity contribution is -0.158. The molecule has 0 unspecified atom stereocenters. The first-order valence-electron chi connectivity index (χ1n) is 10.0. The number of esters is 1. The van der Waals surface area contributed by atoms with Crippen LogP contribution in [0.15, 0.2) is 29.6 Å². The zero-order chi connectivity index (χ0) is 21.0. The van der Waals surface area contributed by atoms with Gasteiger partial charge in [0.1, 0.15) is 11.5 Å². The molecule has 1 aliphatic rings. The minimum Gasteiger partial charge on any atom is -0.466 e. The molecule has 1 amide bonds. The maximum absolute atomic E-state index is 13.3. The minimum absolute atomic E-state index is 0.152. The highest BCUT2D eigenvalue weighted by molar-refractivity contribution is 7.09. The highest BCUT2D eigenvalue weighted by Gasteiger charge is 2.45. The molecule has 2 heterocycles. The van der Waals surface area contributed by atoms with E-state index in [1.807, 2.05) is 13.8 Å². The molecule has 0 N–H and O–H groups in total. The molecule has 1 fully saturated rings. The highest BCUT2D eigenvalue weighted by atomic mass is 32.1. The van der Waals surface area contributed by atoms with Crippen molar-refractivity contribution in [2.45, 2.75) is 46.0 Å². The number of hydrogen-bond donors (Lipinski definition) is 0. The molecule has 1 aromatic heterocycles. The van der Waals surface area contributed by atoms with Gasteiger partial charge in [-0.2, -0.15) is 0 Å². The largest absolute Gasteiger partial charge is 0.466 e. The van der Waals surface area contributed by atoms with Crippen molar-refractivity contribution in [3.8, 4) is 0 Å². The van der Waals surface area contributed by atoms with Crippen LogP contribution in [0.2, 0.25) is 0 Å². The molecule has 7 heteroatoms. The van der Waals surface area contributed by atoms with Crippen LogP contribution < -0.4 is 0 Å². The van der Waals surface area contributed by atoms with Crippen LogP contribution in [0.1, 0.15) is 60.6 Å². The van der Waals surface area contributed by atoms with Crippen LogP contribution in [0.5, 0.6) is 0 Å². The van der Waals surface area contributed by atoms with Crippen LogP contribution >= 0.6 is 11.3 Å². The molecule has 1 saturated heterocycles. The highest BCUT2D eigenvalue weighted by Crippen LogP contribution is 2.36. The summed E-state index contributed by atoms with van der Waals surface area (Å²) in [5.41, 5.74) is 0.447. The summed E-state index contributed by atoms with van der Waals surface area (Å²) in [4.78, 5) is 32.2. The van der Waals surface area contributed by atoms with E-state index in [9.17, 15) is 14.0 Å². The smallest absolute Gasteiger partial charge is 0.314 e. The van der Waals surface area contributed by atoms with Crippen molar-refractivity contribution < 1.29 is 18.7 Å². The second-order valence-corrected chi connectivity index (χ2v) is 8.75.